The lowest BCUT2D eigenvalue weighted by atomic mass is 9.81. The van der Waals surface area contributed by atoms with Gasteiger partial charge in [-0.25, -0.2) is 5.84 Å². The van der Waals surface area contributed by atoms with Crippen LogP contribution in [0.3, 0.4) is 0 Å². The molecule has 2 aliphatic heterocycles. The number of anilines is 1. The molecule has 0 unspecified atom stereocenters. The molecule has 0 amide bonds. The number of nitrogens with two attached hydrogens (primary N) is 1. The zero-order chi connectivity index (χ0) is 27.6. The summed E-state index contributed by atoms with van der Waals surface area (Å²) >= 11 is 0. The fourth-order valence-electron chi connectivity index (χ4n) is 5.08. The molecule has 2 aromatic rings. The summed E-state index contributed by atoms with van der Waals surface area (Å²) in [6.07, 6.45) is 9.32. The summed E-state index contributed by atoms with van der Waals surface area (Å²) in [4.78, 5) is -0.322. The predicted molar refractivity (Wildman–Crippen MR) is 142 cm³/mol. The number of fused-ring (bicyclic) bond motifs is 2. The molecule has 0 bridgehead atoms. The zero-order valence-corrected chi connectivity index (χ0v) is 22.8. The van der Waals surface area contributed by atoms with Crippen LogP contribution in [0, 0.1) is 0 Å². The van der Waals surface area contributed by atoms with Crippen LogP contribution in [0.25, 0.3) is 0 Å². The first-order valence-electron chi connectivity index (χ1n) is 11.4. The molecule has 4 N–H and O–H groups in total. The summed E-state index contributed by atoms with van der Waals surface area (Å²) < 4.78 is 67.3. The average Bonchev–Trinajstić information content (AvgIpc) is 3.10. The molecule has 0 aromatic heterocycles. The normalized spacial score (nSPS) is 19.9. The van der Waals surface area contributed by atoms with E-state index in [2.05, 4.69) is 0 Å². The van der Waals surface area contributed by atoms with Gasteiger partial charge in [0.15, 0.2) is 5.71 Å². The molecule has 0 atom stereocenters. The zero-order valence-electron chi connectivity index (χ0n) is 21.2. The third kappa shape index (κ3) is 4.57. The van der Waals surface area contributed by atoms with E-state index in [0.717, 1.165) is 22.7 Å². The van der Waals surface area contributed by atoms with Crippen LogP contribution >= 0.6 is 0 Å². The van der Waals surface area contributed by atoms with Crippen LogP contribution in [0.4, 0.5) is 11.4 Å². The molecule has 0 saturated carbocycles. The standard InChI is InChI=1S/C26H29N3O6S2/c1-25(2)19-15-17(36(30,31)32)11-13-21(19)28(5)23(25)9-7-6-8-10-24-26(3,4)20-16-18(37(33,34)35)12-14-22(20)29(24)27/h6-16H,27H2,1-5H3,(H-,30,31,32,33,34,35)/p+1. The second-order valence-corrected chi connectivity index (χ2v) is 13.0. The Hall–Kier alpha value is -3.09. The van der Waals surface area contributed by atoms with Crippen molar-refractivity contribution in [3.8, 4) is 0 Å². The van der Waals surface area contributed by atoms with E-state index >= 15 is 0 Å². The Morgan fingerprint density at radius 3 is 2.00 bits per heavy atom. The smallest absolute Gasteiger partial charge is 0.283 e. The van der Waals surface area contributed by atoms with Crippen molar-refractivity contribution in [2.24, 2.45) is 5.84 Å². The molecule has 4 rings (SSSR count). The van der Waals surface area contributed by atoms with Crippen LogP contribution in [-0.4, -0.2) is 43.3 Å². The number of hydrogen-bond donors (Lipinski definition) is 3. The number of rotatable bonds is 5. The van der Waals surface area contributed by atoms with E-state index in [1.54, 1.807) is 12.1 Å². The minimum absolute atomic E-state index is 0.139. The first-order valence-corrected chi connectivity index (χ1v) is 14.3. The summed E-state index contributed by atoms with van der Waals surface area (Å²) in [6, 6.07) is 8.91. The van der Waals surface area contributed by atoms with Crippen LogP contribution in [0.15, 0.2) is 82.3 Å². The molecule has 9 nitrogen and oxygen atoms in total. The van der Waals surface area contributed by atoms with Gasteiger partial charge in [0.05, 0.1) is 20.9 Å². The maximum Gasteiger partial charge on any atom is 0.294 e. The highest BCUT2D eigenvalue weighted by Gasteiger charge is 2.43. The lowest BCUT2D eigenvalue weighted by molar-refractivity contribution is -0.401. The van der Waals surface area contributed by atoms with Gasteiger partial charge in [-0.1, -0.05) is 32.1 Å². The van der Waals surface area contributed by atoms with E-state index in [0.29, 0.717) is 11.3 Å². The Labute approximate surface area is 217 Å². The second-order valence-electron chi connectivity index (χ2n) is 10.2. The van der Waals surface area contributed by atoms with Crippen molar-refractivity contribution in [2.45, 2.75) is 48.3 Å². The Bertz CT molecular complexity index is 1650. The first kappa shape index (κ1) is 27.0. The van der Waals surface area contributed by atoms with Crippen molar-refractivity contribution < 1.29 is 30.5 Å². The highest BCUT2D eigenvalue weighted by atomic mass is 32.2. The number of hydrogen-bond acceptors (Lipinski definition) is 6. The second kappa shape index (κ2) is 8.74. The maximum absolute atomic E-state index is 11.6. The molecule has 0 fully saturated rings. The Morgan fingerprint density at radius 1 is 0.838 bits per heavy atom. The third-order valence-electron chi connectivity index (χ3n) is 7.13. The van der Waals surface area contributed by atoms with Gasteiger partial charge < -0.3 is 0 Å². The predicted octanol–water partition coefficient (Wildman–Crippen LogP) is 3.85. The maximum atomic E-state index is 11.6. The highest BCUT2D eigenvalue weighted by Crippen LogP contribution is 2.46. The number of hydrazine groups is 1. The molecule has 2 aliphatic rings. The number of nitrogens with zero attached hydrogens (tertiary/aromatic N) is 2. The quantitative estimate of drug-likeness (QED) is 0.223. The van der Waals surface area contributed by atoms with Gasteiger partial charge in [0, 0.05) is 28.8 Å². The van der Waals surface area contributed by atoms with Crippen LogP contribution < -0.4 is 10.9 Å². The van der Waals surface area contributed by atoms with E-state index < -0.39 is 31.1 Å². The fraction of sp³-hybridized carbons (Fsp3) is 0.269. The summed E-state index contributed by atoms with van der Waals surface area (Å²) in [7, 11) is -6.74. The van der Waals surface area contributed by atoms with Gasteiger partial charge in [0.1, 0.15) is 7.05 Å². The Morgan fingerprint density at radius 2 is 1.41 bits per heavy atom. The van der Waals surface area contributed by atoms with E-state index in [9.17, 15) is 25.9 Å². The van der Waals surface area contributed by atoms with Gasteiger partial charge in [0.2, 0.25) is 5.69 Å². The Kier molecular flexibility index (Phi) is 6.37. The lowest BCUT2D eigenvalue weighted by Crippen LogP contribution is -2.31. The lowest BCUT2D eigenvalue weighted by Gasteiger charge is -2.23. The summed E-state index contributed by atoms with van der Waals surface area (Å²) in [5.41, 5.74) is 3.58. The van der Waals surface area contributed by atoms with Gasteiger partial charge in [-0.3, -0.25) is 14.1 Å². The highest BCUT2D eigenvalue weighted by molar-refractivity contribution is 7.86. The van der Waals surface area contributed by atoms with Gasteiger partial charge in [-0.15, -0.1) is 0 Å². The third-order valence-corrected chi connectivity index (χ3v) is 8.83. The van der Waals surface area contributed by atoms with Crippen molar-refractivity contribution in [1.29, 1.82) is 0 Å². The van der Waals surface area contributed by atoms with Gasteiger partial charge in [0.25, 0.3) is 20.2 Å². The molecular weight excluding hydrogens is 514 g/mol. The Balaban J connectivity index is 1.60. The molecule has 0 aliphatic carbocycles. The van der Waals surface area contributed by atoms with Gasteiger partial charge >= 0.3 is 0 Å². The monoisotopic (exact) mass is 544 g/mol. The van der Waals surface area contributed by atoms with Gasteiger partial charge in [-0.2, -0.15) is 21.4 Å². The van der Waals surface area contributed by atoms with Crippen molar-refractivity contribution in [2.75, 3.05) is 12.1 Å². The van der Waals surface area contributed by atoms with Crippen LogP contribution in [0.5, 0.6) is 0 Å². The number of allylic oxidation sites excluding steroid dienone is 6. The van der Waals surface area contributed by atoms with E-state index in [1.165, 1.54) is 29.3 Å². The molecule has 0 radical (unpaired) electrons. The molecule has 11 heteroatoms. The first-order chi connectivity index (χ1) is 17.0. The number of benzene rings is 2. The minimum Gasteiger partial charge on any atom is -0.283 e. The fourth-order valence-corrected chi connectivity index (χ4v) is 6.09. The summed E-state index contributed by atoms with van der Waals surface area (Å²) in [5.74, 6) is 6.31. The van der Waals surface area contributed by atoms with E-state index in [4.69, 9.17) is 5.84 Å². The van der Waals surface area contributed by atoms with E-state index in [1.807, 2.05) is 69.7 Å². The SMILES string of the molecule is C[N+]1=C(/C=C/C=C/C=C2/N(N)c3ccc(S(=O)(=O)O)cc3C2(C)C)C(C)(C)c2cc(S(=O)(=O)O)ccc21. The largest absolute Gasteiger partial charge is 0.294 e. The molecule has 0 spiro atoms. The topological polar surface area (TPSA) is 141 Å². The summed E-state index contributed by atoms with van der Waals surface area (Å²) in [5, 5.41) is 1.50. The summed E-state index contributed by atoms with van der Waals surface area (Å²) in [6.45, 7) is 7.82. The molecule has 2 aromatic carbocycles. The molecule has 0 saturated heterocycles. The van der Waals surface area contributed by atoms with Gasteiger partial charge in [-0.05, 0) is 55.8 Å². The molecule has 196 valence electrons. The molecule has 2 heterocycles. The minimum atomic E-state index is -4.34. The molecular formula is C26H30N3O6S2+. The average molecular weight is 545 g/mol. The van der Waals surface area contributed by atoms with E-state index in [-0.39, 0.29) is 9.79 Å². The van der Waals surface area contributed by atoms with Crippen molar-refractivity contribution in [3.63, 3.8) is 0 Å². The van der Waals surface area contributed by atoms with Crippen molar-refractivity contribution in [1.82, 2.24) is 0 Å². The van der Waals surface area contributed by atoms with Crippen molar-refractivity contribution in [3.05, 3.63) is 83.6 Å². The van der Waals surface area contributed by atoms with Crippen LogP contribution in [0.2, 0.25) is 0 Å². The van der Waals surface area contributed by atoms with Crippen molar-refractivity contribution >= 4 is 37.3 Å². The van der Waals surface area contributed by atoms with Crippen LogP contribution in [-0.2, 0) is 31.1 Å². The van der Waals surface area contributed by atoms with Crippen LogP contribution in [0.1, 0.15) is 38.8 Å². The molecule has 37 heavy (non-hydrogen) atoms.